The van der Waals surface area contributed by atoms with Crippen LogP contribution in [0, 0.1) is 22.7 Å². The molecule has 2 saturated heterocycles. The van der Waals surface area contributed by atoms with Crippen LogP contribution in [-0.4, -0.2) is 47.2 Å². The van der Waals surface area contributed by atoms with Crippen LogP contribution < -0.4 is 0 Å². The van der Waals surface area contributed by atoms with E-state index in [0.29, 0.717) is 11.8 Å². The van der Waals surface area contributed by atoms with Gasteiger partial charge in [-0.2, -0.15) is 0 Å². The Morgan fingerprint density at radius 2 is 1.88 bits per heavy atom. The number of rotatable bonds is 2. The van der Waals surface area contributed by atoms with E-state index in [-0.39, 0.29) is 29.2 Å². The van der Waals surface area contributed by atoms with Crippen molar-refractivity contribution in [2.24, 2.45) is 22.7 Å². The molecule has 0 aromatic rings. The van der Waals surface area contributed by atoms with Gasteiger partial charge in [-0.3, -0.25) is 4.79 Å². The minimum absolute atomic E-state index is 0.00262. The molecule has 146 valence electrons. The van der Waals surface area contributed by atoms with Crippen molar-refractivity contribution < 1.29 is 24.1 Å². The molecule has 1 spiro atoms. The molecule has 0 amide bonds. The fourth-order valence-corrected chi connectivity index (χ4v) is 7.85. The SMILES string of the molecule is COC(=O)[C@]1(C)CCC[C@]2(C)[C@H]3C[C@@H]4O[C@]4(C(C)(C)O)[C@@H]4O[C@]34CC[C@H]21. The first-order valence-corrected chi connectivity index (χ1v) is 10.2. The molecule has 26 heavy (non-hydrogen) atoms. The second-order valence-electron chi connectivity index (χ2n) is 10.6. The first-order valence-electron chi connectivity index (χ1n) is 10.2. The molecule has 3 aliphatic carbocycles. The molecule has 0 unspecified atom stereocenters. The molecule has 5 aliphatic rings. The topological polar surface area (TPSA) is 71.6 Å². The van der Waals surface area contributed by atoms with Gasteiger partial charge in [-0.1, -0.05) is 13.3 Å². The van der Waals surface area contributed by atoms with Crippen molar-refractivity contribution in [3.63, 3.8) is 0 Å². The van der Waals surface area contributed by atoms with Crippen molar-refractivity contribution in [2.75, 3.05) is 7.11 Å². The largest absolute Gasteiger partial charge is 0.469 e. The number of fused-ring (bicyclic) bond motifs is 4. The molecular formula is C21H32O5. The lowest BCUT2D eigenvalue weighted by molar-refractivity contribution is -0.175. The zero-order valence-corrected chi connectivity index (χ0v) is 16.6. The van der Waals surface area contributed by atoms with Crippen molar-refractivity contribution >= 4 is 5.97 Å². The molecule has 5 heteroatoms. The molecule has 3 saturated carbocycles. The van der Waals surface area contributed by atoms with Gasteiger partial charge in [0.15, 0.2) is 5.60 Å². The average Bonchev–Trinajstić information content (AvgIpc) is 3.43. The lowest BCUT2D eigenvalue weighted by Gasteiger charge is -2.59. The highest BCUT2D eigenvalue weighted by atomic mass is 16.7. The van der Waals surface area contributed by atoms with E-state index < -0.39 is 16.6 Å². The lowest BCUT2D eigenvalue weighted by atomic mass is 9.43. The minimum Gasteiger partial charge on any atom is -0.469 e. The average molecular weight is 364 g/mol. The summed E-state index contributed by atoms with van der Waals surface area (Å²) in [5.74, 6) is 0.665. The Morgan fingerprint density at radius 1 is 1.15 bits per heavy atom. The second kappa shape index (κ2) is 4.66. The Balaban J connectivity index is 1.51. The molecule has 8 atom stereocenters. The van der Waals surface area contributed by atoms with E-state index in [1.54, 1.807) is 0 Å². The number of aliphatic hydroxyl groups is 1. The number of methoxy groups -OCH3 is 1. The van der Waals surface area contributed by atoms with E-state index in [1.807, 2.05) is 13.8 Å². The third kappa shape index (κ3) is 1.72. The molecule has 5 fully saturated rings. The number of carbonyl (C=O) groups is 1. The highest BCUT2D eigenvalue weighted by Crippen LogP contribution is 2.76. The molecule has 0 bridgehead atoms. The van der Waals surface area contributed by atoms with Crippen molar-refractivity contribution in [2.45, 2.75) is 95.2 Å². The summed E-state index contributed by atoms with van der Waals surface area (Å²) < 4.78 is 17.8. The van der Waals surface area contributed by atoms with Gasteiger partial charge in [-0.15, -0.1) is 0 Å². The van der Waals surface area contributed by atoms with Crippen LogP contribution in [0.2, 0.25) is 0 Å². The monoisotopic (exact) mass is 364 g/mol. The van der Waals surface area contributed by atoms with Gasteiger partial charge < -0.3 is 19.3 Å². The number of hydrogen-bond acceptors (Lipinski definition) is 5. The zero-order valence-electron chi connectivity index (χ0n) is 16.6. The van der Waals surface area contributed by atoms with Crippen molar-refractivity contribution in [1.82, 2.24) is 0 Å². The van der Waals surface area contributed by atoms with Gasteiger partial charge in [0.25, 0.3) is 0 Å². The molecule has 0 radical (unpaired) electrons. The number of hydrogen-bond donors (Lipinski definition) is 1. The standard InChI is InChI=1S/C21H32O5/c1-17(2,23)21-14(25-21)11-13-18(3)8-6-9-19(4,16(22)24-5)12(18)7-10-20(13)15(21)26-20/h12-15,23H,6-11H2,1-5H3/t12-,13-,14+,15-,18+,19-,20-,21+/m1/s1. The number of carbonyl (C=O) groups excluding carboxylic acids is 1. The third-order valence-corrected chi connectivity index (χ3v) is 9.12. The number of esters is 1. The van der Waals surface area contributed by atoms with Crippen LogP contribution in [-0.2, 0) is 19.0 Å². The van der Waals surface area contributed by atoms with Gasteiger partial charge in [0, 0.05) is 0 Å². The van der Waals surface area contributed by atoms with Gasteiger partial charge in [0.05, 0.1) is 24.2 Å². The van der Waals surface area contributed by atoms with E-state index in [4.69, 9.17) is 14.2 Å². The fourth-order valence-electron chi connectivity index (χ4n) is 7.85. The summed E-state index contributed by atoms with van der Waals surface area (Å²) in [6, 6.07) is 0. The maximum atomic E-state index is 12.7. The van der Waals surface area contributed by atoms with Gasteiger partial charge in [0.1, 0.15) is 11.7 Å². The van der Waals surface area contributed by atoms with Crippen LogP contribution in [0.5, 0.6) is 0 Å². The van der Waals surface area contributed by atoms with E-state index in [0.717, 1.165) is 38.5 Å². The lowest BCUT2D eigenvalue weighted by Crippen LogP contribution is -2.62. The quantitative estimate of drug-likeness (QED) is 0.603. The predicted molar refractivity (Wildman–Crippen MR) is 94.4 cm³/mol. The fraction of sp³-hybridized carbons (Fsp3) is 0.952. The molecule has 2 aliphatic heterocycles. The summed E-state index contributed by atoms with van der Waals surface area (Å²) in [4.78, 5) is 12.7. The Morgan fingerprint density at radius 3 is 2.54 bits per heavy atom. The summed E-state index contributed by atoms with van der Waals surface area (Å²) in [5.41, 5.74) is -1.91. The molecule has 0 aromatic carbocycles. The van der Waals surface area contributed by atoms with E-state index in [2.05, 4.69) is 13.8 Å². The van der Waals surface area contributed by atoms with Crippen molar-refractivity contribution in [3.8, 4) is 0 Å². The minimum atomic E-state index is -0.887. The summed E-state index contributed by atoms with van der Waals surface area (Å²) in [5, 5.41) is 10.7. The van der Waals surface area contributed by atoms with Crippen LogP contribution in [0.1, 0.15) is 66.2 Å². The normalized spacial score (nSPS) is 57.2. The molecule has 5 rings (SSSR count). The van der Waals surface area contributed by atoms with E-state index >= 15 is 0 Å². The summed E-state index contributed by atoms with van der Waals surface area (Å²) in [6.45, 7) is 8.19. The van der Waals surface area contributed by atoms with Gasteiger partial charge >= 0.3 is 5.97 Å². The van der Waals surface area contributed by atoms with E-state index in [1.165, 1.54) is 7.11 Å². The van der Waals surface area contributed by atoms with Gasteiger partial charge in [0.2, 0.25) is 0 Å². The molecular weight excluding hydrogens is 332 g/mol. The van der Waals surface area contributed by atoms with Crippen LogP contribution in [0.4, 0.5) is 0 Å². The summed E-state index contributed by atoms with van der Waals surface area (Å²) in [6.07, 6.45) is 6.07. The number of ether oxygens (including phenoxy) is 3. The van der Waals surface area contributed by atoms with Crippen LogP contribution >= 0.6 is 0 Å². The van der Waals surface area contributed by atoms with Crippen molar-refractivity contribution in [3.05, 3.63) is 0 Å². The molecule has 0 aromatic heterocycles. The van der Waals surface area contributed by atoms with Crippen molar-refractivity contribution in [1.29, 1.82) is 0 Å². The highest BCUT2D eigenvalue weighted by molar-refractivity contribution is 5.77. The Hall–Kier alpha value is -0.650. The Labute approximate surface area is 155 Å². The summed E-state index contributed by atoms with van der Waals surface area (Å²) in [7, 11) is 1.51. The highest BCUT2D eigenvalue weighted by Gasteiger charge is 2.88. The first-order chi connectivity index (χ1) is 12.1. The molecule has 5 nitrogen and oxygen atoms in total. The molecule has 2 heterocycles. The maximum Gasteiger partial charge on any atom is 0.311 e. The van der Waals surface area contributed by atoms with Gasteiger partial charge in [-0.25, -0.2) is 0 Å². The Bertz CT molecular complexity index is 670. The second-order valence-corrected chi connectivity index (χ2v) is 10.6. The zero-order chi connectivity index (χ0) is 18.8. The first kappa shape index (κ1) is 17.4. The maximum absolute atomic E-state index is 12.7. The van der Waals surface area contributed by atoms with Gasteiger partial charge in [-0.05, 0) is 70.1 Å². The third-order valence-electron chi connectivity index (χ3n) is 9.12. The van der Waals surface area contributed by atoms with Crippen LogP contribution in [0.15, 0.2) is 0 Å². The number of epoxide rings is 2. The van der Waals surface area contributed by atoms with Crippen LogP contribution in [0.25, 0.3) is 0 Å². The smallest absolute Gasteiger partial charge is 0.311 e. The molecule has 1 N–H and O–H groups in total. The van der Waals surface area contributed by atoms with E-state index in [9.17, 15) is 9.90 Å². The predicted octanol–water partition coefficient (Wildman–Crippen LogP) is 2.83. The summed E-state index contributed by atoms with van der Waals surface area (Å²) >= 11 is 0. The Kier molecular flexibility index (Phi) is 3.13. The van der Waals surface area contributed by atoms with Crippen LogP contribution in [0.3, 0.4) is 0 Å².